The molecule has 1 atom stereocenters. The van der Waals surface area contributed by atoms with Gasteiger partial charge in [0.2, 0.25) is 0 Å². The third-order valence-corrected chi connectivity index (χ3v) is 5.97. The third kappa shape index (κ3) is 3.94. The maximum absolute atomic E-state index is 15.7. The molecule has 10 heteroatoms. The zero-order valence-electron chi connectivity index (χ0n) is 19.4. The molecule has 4 heterocycles. The van der Waals surface area contributed by atoms with E-state index >= 15 is 4.39 Å². The quantitative estimate of drug-likeness (QED) is 0.455. The zero-order chi connectivity index (χ0) is 25.1. The van der Waals surface area contributed by atoms with Crippen LogP contribution in [0.15, 0.2) is 41.3 Å². The van der Waals surface area contributed by atoms with Gasteiger partial charge in [-0.3, -0.25) is 9.20 Å². The monoisotopic (exact) mass is 481 g/mol. The molecule has 1 unspecified atom stereocenters. The summed E-state index contributed by atoms with van der Waals surface area (Å²) in [5, 5.41) is 12.3. The molecule has 0 spiro atoms. The number of nitrogens with one attached hydrogen (secondary N) is 1. The van der Waals surface area contributed by atoms with E-state index in [9.17, 15) is 19.5 Å². The van der Waals surface area contributed by atoms with Crippen LogP contribution in [0.3, 0.4) is 0 Å². The minimum Gasteiger partial charge on any atom is -0.477 e. The van der Waals surface area contributed by atoms with E-state index < -0.39 is 34.6 Å². The van der Waals surface area contributed by atoms with Crippen LogP contribution in [0.5, 0.6) is 11.5 Å². The van der Waals surface area contributed by atoms with Crippen molar-refractivity contribution in [3.05, 3.63) is 58.3 Å². The van der Waals surface area contributed by atoms with Crippen LogP contribution in [0.2, 0.25) is 0 Å². The Morgan fingerprint density at radius 2 is 1.97 bits per heavy atom. The summed E-state index contributed by atoms with van der Waals surface area (Å²) in [6.07, 6.45) is 1.02. The van der Waals surface area contributed by atoms with Crippen LogP contribution in [-0.2, 0) is 4.74 Å². The highest BCUT2D eigenvalue weighted by atomic mass is 19.1. The number of amides is 1. The van der Waals surface area contributed by atoms with Gasteiger partial charge in [-0.05, 0) is 33.3 Å². The molecule has 2 N–H and O–H groups in total. The molecule has 0 radical (unpaired) electrons. The molecule has 3 aromatic rings. The van der Waals surface area contributed by atoms with Gasteiger partial charge in [0.05, 0.1) is 17.9 Å². The number of pyridine rings is 2. The molecule has 1 fully saturated rings. The average molecular weight is 481 g/mol. The van der Waals surface area contributed by atoms with Gasteiger partial charge in [-0.2, -0.15) is 0 Å². The number of ether oxygens (including phenoxy) is 2. The fourth-order valence-electron chi connectivity index (χ4n) is 4.62. The van der Waals surface area contributed by atoms with E-state index in [2.05, 4.69) is 5.32 Å². The van der Waals surface area contributed by atoms with Gasteiger partial charge in [0.15, 0.2) is 11.6 Å². The molecule has 0 aliphatic carbocycles. The van der Waals surface area contributed by atoms with Crippen molar-refractivity contribution in [3.8, 4) is 22.6 Å². The van der Waals surface area contributed by atoms with E-state index in [4.69, 9.17) is 9.47 Å². The first-order valence-corrected chi connectivity index (χ1v) is 11.2. The van der Waals surface area contributed by atoms with Gasteiger partial charge in [-0.15, -0.1) is 0 Å². The van der Waals surface area contributed by atoms with Crippen LogP contribution in [0.25, 0.3) is 16.6 Å². The van der Waals surface area contributed by atoms with E-state index in [1.54, 1.807) is 45.0 Å². The molecule has 1 saturated heterocycles. The summed E-state index contributed by atoms with van der Waals surface area (Å²) in [6.45, 7) is 6.11. The number of alkyl carbamates (subject to hydrolysis) is 1. The van der Waals surface area contributed by atoms with Crippen molar-refractivity contribution in [2.75, 3.05) is 18.0 Å². The molecule has 2 aliphatic heterocycles. The number of para-hydroxylation sites is 1. The van der Waals surface area contributed by atoms with Crippen LogP contribution >= 0.6 is 0 Å². The highest BCUT2D eigenvalue weighted by Gasteiger charge is 2.34. The summed E-state index contributed by atoms with van der Waals surface area (Å²) in [4.78, 5) is 38.6. The van der Waals surface area contributed by atoms with E-state index in [0.717, 1.165) is 10.6 Å². The molecule has 9 nitrogen and oxygen atoms in total. The van der Waals surface area contributed by atoms with Crippen molar-refractivity contribution in [3.63, 3.8) is 0 Å². The number of benzene rings is 1. The molecular weight excluding hydrogens is 457 g/mol. The van der Waals surface area contributed by atoms with Crippen LogP contribution in [-0.4, -0.2) is 46.3 Å². The van der Waals surface area contributed by atoms with Crippen molar-refractivity contribution in [2.45, 2.75) is 38.8 Å². The lowest BCUT2D eigenvalue weighted by Gasteiger charge is -2.29. The van der Waals surface area contributed by atoms with E-state index in [1.165, 1.54) is 6.07 Å². The molecule has 2 aliphatic rings. The lowest BCUT2D eigenvalue weighted by Crippen LogP contribution is -2.40. The van der Waals surface area contributed by atoms with Crippen LogP contribution in [0, 0.1) is 5.82 Å². The first-order chi connectivity index (χ1) is 16.5. The Hall–Kier alpha value is -4.08. The second-order valence-electron chi connectivity index (χ2n) is 9.63. The van der Waals surface area contributed by atoms with Crippen molar-refractivity contribution >= 4 is 23.3 Å². The number of aromatic carboxylic acids is 1. The van der Waals surface area contributed by atoms with Gasteiger partial charge < -0.3 is 24.8 Å². The Morgan fingerprint density at radius 3 is 2.69 bits per heavy atom. The number of aromatic nitrogens is 1. The van der Waals surface area contributed by atoms with Crippen molar-refractivity contribution in [1.82, 2.24) is 9.72 Å². The number of hydrogen-bond acceptors (Lipinski definition) is 6. The van der Waals surface area contributed by atoms with Gasteiger partial charge in [0, 0.05) is 30.3 Å². The molecule has 1 amide bonds. The summed E-state index contributed by atoms with van der Waals surface area (Å²) >= 11 is 0. The van der Waals surface area contributed by atoms with E-state index in [1.807, 2.05) is 4.90 Å². The first kappa shape index (κ1) is 22.7. The zero-order valence-corrected chi connectivity index (χ0v) is 19.4. The summed E-state index contributed by atoms with van der Waals surface area (Å²) in [5.41, 5.74) is -0.433. The highest BCUT2D eigenvalue weighted by Crippen LogP contribution is 2.49. The lowest BCUT2D eigenvalue weighted by atomic mass is 9.97. The number of hydrogen-bond donors (Lipinski definition) is 2. The molecule has 0 saturated carbocycles. The Labute approximate surface area is 199 Å². The topological polar surface area (TPSA) is 110 Å². The van der Waals surface area contributed by atoms with Crippen molar-refractivity contribution < 1.29 is 28.6 Å². The normalized spacial score (nSPS) is 16.6. The SMILES string of the molecule is CC(C)(C)OC(=O)NC1CCN(c2c(F)cn3c(=O)c(C(=O)O)cc4c3c2-c2ccccc2O4)C1. The summed E-state index contributed by atoms with van der Waals surface area (Å²) < 4.78 is 28.0. The predicted molar refractivity (Wildman–Crippen MR) is 126 cm³/mol. The highest BCUT2D eigenvalue weighted by molar-refractivity contribution is 6.00. The van der Waals surface area contributed by atoms with Gasteiger partial charge in [0.25, 0.3) is 5.56 Å². The molecule has 35 heavy (non-hydrogen) atoms. The standard InChI is InChI=1S/C25H24FN3O6/c1-25(2,3)35-24(33)27-13-8-9-28(11-13)20-16(26)12-29-21-18(10-15(22(29)30)23(31)32)34-17-7-5-4-6-14(17)19(20)21/h4-7,10,12-13H,8-9,11H2,1-3H3,(H,27,33)(H,31,32). The van der Waals surface area contributed by atoms with Crippen molar-refractivity contribution in [2.24, 2.45) is 0 Å². The number of nitrogens with zero attached hydrogens (tertiary/aromatic N) is 2. The average Bonchev–Trinajstić information content (AvgIpc) is 3.21. The van der Waals surface area contributed by atoms with Crippen LogP contribution < -0.4 is 20.5 Å². The summed E-state index contributed by atoms with van der Waals surface area (Å²) in [7, 11) is 0. The summed E-state index contributed by atoms with van der Waals surface area (Å²) in [5.74, 6) is -1.53. The van der Waals surface area contributed by atoms with E-state index in [-0.39, 0.29) is 17.5 Å². The Kier molecular flexibility index (Phi) is 5.19. The predicted octanol–water partition coefficient (Wildman–Crippen LogP) is 4.01. The number of carbonyl (C=O) groups is 2. The maximum Gasteiger partial charge on any atom is 0.407 e. The van der Waals surface area contributed by atoms with Gasteiger partial charge >= 0.3 is 12.1 Å². The third-order valence-electron chi connectivity index (χ3n) is 5.97. The number of carbonyl (C=O) groups excluding carboxylic acids is 1. The summed E-state index contributed by atoms with van der Waals surface area (Å²) in [6, 6.07) is 7.91. The second-order valence-corrected chi connectivity index (χ2v) is 9.63. The smallest absolute Gasteiger partial charge is 0.407 e. The van der Waals surface area contributed by atoms with Crippen LogP contribution in [0.1, 0.15) is 37.6 Å². The molecular formula is C25H24FN3O6. The molecule has 0 bridgehead atoms. The lowest BCUT2D eigenvalue weighted by molar-refractivity contribution is 0.0508. The number of halogens is 1. The number of fused-ring (bicyclic) bond motifs is 2. The van der Waals surface area contributed by atoms with Gasteiger partial charge in [-0.25, -0.2) is 14.0 Å². The Morgan fingerprint density at radius 1 is 1.23 bits per heavy atom. The molecule has 5 rings (SSSR count). The number of anilines is 1. The largest absolute Gasteiger partial charge is 0.477 e. The van der Waals surface area contributed by atoms with Gasteiger partial charge in [-0.1, -0.05) is 18.2 Å². The fraction of sp³-hybridized carbons (Fsp3) is 0.320. The second kappa shape index (κ2) is 8.00. The van der Waals surface area contributed by atoms with Crippen LogP contribution in [0.4, 0.5) is 14.9 Å². The first-order valence-electron chi connectivity index (χ1n) is 11.2. The number of rotatable bonds is 3. The number of carboxylic acids is 1. The molecule has 182 valence electrons. The van der Waals surface area contributed by atoms with Crippen molar-refractivity contribution in [1.29, 1.82) is 0 Å². The molecule has 1 aromatic carbocycles. The Balaban J connectivity index is 1.62. The number of carboxylic acid groups (broad SMARTS) is 1. The molecule has 2 aromatic heterocycles. The van der Waals surface area contributed by atoms with E-state index in [0.29, 0.717) is 41.9 Å². The minimum absolute atomic E-state index is 0.152. The fourth-order valence-corrected chi connectivity index (χ4v) is 4.62. The minimum atomic E-state index is -1.43. The Bertz CT molecular complexity index is 1440. The van der Waals surface area contributed by atoms with Gasteiger partial charge in [0.1, 0.15) is 22.4 Å². The maximum atomic E-state index is 15.7.